The van der Waals surface area contributed by atoms with Gasteiger partial charge in [0.2, 0.25) is 5.95 Å². The molecule has 0 aliphatic heterocycles. The van der Waals surface area contributed by atoms with E-state index in [9.17, 15) is 4.79 Å². The number of nitrogens with one attached hydrogen (secondary N) is 2. The largest absolute Gasteiger partial charge is 0.353 e. The SMILES string of the molecule is Cc1cc(C(=O)NCc2ccccn2)nc(NCCN(C)C)n1. The molecule has 7 heteroatoms. The first kappa shape index (κ1) is 16.8. The third-order valence-corrected chi connectivity index (χ3v) is 3.09. The van der Waals surface area contributed by atoms with Gasteiger partial charge in [-0.3, -0.25) is 9.78 Å². The lowest BCUT2D eigenvalue weighted by Gasteiger charge is -2.11. The minimum atomic E-state index is -0.239. The minimum Gasteiger partial charge on any atom is -0.353 e. The number of amides is 1. The van der Waals surface area contributed by atoms with E-state index in [1.165, 1.54) is 0 Å². The molecule has 2 N–H and O–H groups in total. The van der Waals surface area contributed by atoms with Gasteiger partial charge >= 0.3 is 0 Å². The molecule has 0 saturated carbocycles. The summed E-state index contributed by atoms with van der Waals surface area (Å²) in [6, 6.07) is 7.26. The van der Waals surface area contributed by atoms with Gasteiger partial charge in [-0.1, -0.05) is 6.07 Å². The standard InChI is InChI=1S/C16H22N6O/c1-12-10-14(21-16(20-12)18-8-9-22(2)3)15(23)19-11-13-6-4-5-7-17-13/h4-7,10H,8-9,11H2,1-3H3,(H,19,23)(H,18,20,21). The van der Waals surface area contributed by atoms with Crippen molar-refractivity contribution in [2.24, 2.45) is 0 Å². The molecule has 0 saturated heterocycles. The molecule has 7 nitrogen and oxygen atoms in total. The number of rotatable bonds is 7. The number of carbonyl (C=O) groups is 1. The zero-order valence-corrected chi connectivity index (χ0v) is 13.7. The van der Waals surface area contributed by atoms with Crippen LogP contribution in [0.25, 0.3) is 0 Å². The van der Waals surface area contributed by atoms with Gasteiger partial charge in [0.1, 0.15) is 5.69 Å². The number of aromatic nitrogens is 3. The monoisotopic (exact) mass is 314 g/mol. The van der Waals surface area contributed by atoms with Crippen molar-refractivity contribution in [3.8, 4) is 0 Å². The smallest absolute Gasteiger partial charge is 0.270 e. The fraction of sp³-hybridized carbons (Fsp3) is 0.375. The summed E-state index contributed by atoms with van der Waals surface area (Å²) in [5, 5.41) is 5.95. The van der Waals surface area contributed by atoms with Gasteiger partial charge in [0.25, 0.3) is 5.91 Å². The third-order valence-electron chi connectivity index (χ3n) is 3.09. The van der Waals surface area contributed by atoms with Crippen LogP contribution in [0.15, 0.2) is 30.5 Å². The van der Waals surface area contributed by atoms with E-state index < -0.39 is 0 Å². The third kappa shape index (κ3) is 5.63. The van der Waals surface area contributed by atoms with Crippen molar-refractivity contribution in [3.63, 3.8) is 0 Å². The Labute approximate surface area is 136 Å². The number of likely N-dealkylation sites (N-methyl/N-ethyl adjacent to an activating group) is 1. The average molecular weight is 314 g/mol. The Morgan fingerprint density at radius 1 is 1.26 bits per heavy atom. The molecule has 1 amide bonds. The molecule has 0 bridgehead atoms. The summed E-state index contributed by atoms with van der Waals surface area (Å²) in [5.41, 5.74) is 1.90. The van der Waals surface area contributed by atoms with Crippen molar-refractivity contribution < 1.29 is 4.79 Å². The normalized spacial score (nSPS) is 10.6. The highest BCUT2D eigenvalue weighted by molar-refractivity contribution is 5.92. The molecule has 0 spiro atoms. The van der Waals surface area contributed by atoms with Crippen LogP contribution in [-0.2, 0) is 6.54 Å². The number of pyridine rings is 1. The minimum absolute atomic E-state index is 0.239. The Morgan fingerprint density at radius 2 is 2.09 bits per heavy atom. The number of carbonyl (C=O) groups excluding carboxylic acids is 1. The summed E-state index contributed by atoms with van der Waals surface area (Å²) in [6.07, 6.45) is 1.70. The summed E-state index contributed by atoms with van der Waals surface area (Å²) < 4.78 is 0. The van der Waals surface area contributed by atoms with Gasteiger partial charge in [-0.15, -0.1) is 0 Å². The van der Waals surface area contributed by atoms with Crippen LogP contribution < -0.4 is 10.6 Å². The van der Waals surface area contributed by atoms with Crippen molar-refractivity contribution in [2.75, 3.05) is 32.5 Å². The molecule has 122 valence electrons. The van der Waals surface area contributed by atoms with Gasteiger partial charge in [-0.25, -0.2) is 9.97 Å². The van der Waals surface area contributed by atoms with E-state index in [2.05, 4.69) is 30.5 Å². The number of hydrogen-bond acceptors (Lipinski definition) is 6. The summed E-state index contributed by atoms with van der Waals surface area (Å²) in [5.74, 6) is 0.228. The van der Waals surface area contributed by atoms with E-state index in [-0.39, 0.29) is 5.91 Å². The van der Waals surface area contributed by atoms with Crippen LogP contribution >= 0.6 is 0 Å². The average Bonchev–Trinajstić information content (AvgIpc) is 2.52. The predicted molar refractivity (Wildman–Crippen MR) is 89.2 cm³/mol. The van der Waals surface area contributed by atoms with Crippen molar-refractivity contribution in [2.45, 2.75) is 13.5 Å². The van der Waals surface area contributed by atoms with E-state index in [1.54, 1.807) is 12.3 Å². The second kappa shape index (κ2) is 8.19. The number of nitrogens with zero attached hydrogens (tertiary/aromatic N) is 4. The second-order valence-electron chi connectivity index (χ2n) is 5.45. The molecule has 0 fully saturated rings. The number of hydrogen-bond donors (Lipinski definition) is 2. The quantitative estimate of drug-likeness (QED) is 0.796. The molecule has 2 rings (SSSR count). The summed E-state index contributed by atoms with van der Waals surface area (Å²) in [6.45, 7) is 3.78. The highest BCUT2D eigenvalue weighted by atomic mass is 16.1. The van der Waals surface area contributed by atoms with Crippen LogP contribution in [0.1, 0.15) is 21.9 Å². The molecule has 0 atom stereocenters. The van der Waals surface area contributed by atoms with Crippen LogP contribution in [0.4, 0.5) is 5.95 Å². The van der Waals surface area contributed by atoms with E-state index >= 15 is 0 Å². The van der Waals surface area contributed by atoms with Crippen LogP contribution in [0.2, 0.25) is 0 Å². The molecule has 0 aliphatic carbocycles. The Bertz CT molecular complexity index is 644. The molecular formula is C16H22N6O. The first-order chi connectivity index (χ1) is 11.0. The lowest BCUT2D eigenvalue weighted by Crippen LogP contribution is -2.26. The fourth-order valence-corrected chi connectivity index (χ4v) is 1.92. The van der Waals surface area contributed by atoms with Gasteiger partial charge in [0, 0.05) is 25.0 Å². The summed E-state index contributed by atoms with van der Waals surface area (Å²) >= 11 is 0. The van der Waals surface area contributed by atoms with E-state index in [4.69, 9.17) is 0 Å². The van der Waals surface area contributed by atoms with E-state index in [0.29, 0.717) is 24.7 Å². The topological polar surface area (TPSA) is 83.0 Å². The van der Waals surface area contributed by atoms with Crippen LogP contribution in [0.5, 0.6) is 0 Å². The van der Waals surface area contributed by atoms with Gasteiger partial charge < -0.3 is 15.5 Å². The van der Waals surface area contributed by atoms with E-state index in [1.807, 2.05) is 39.2 Å². The molecular weight excluding hydrogens is 292 g/mol. The molecule has 2 aromatic heterocycles. The highest BCUT2D eigenvalue weighted by Gasteiger charge is 2.10. The highest BCUT2D eigenvalue weighted by Crippen LogP contribution is 2.05. The Hall–Kier alpha value is -2.54. The fourth-order valence-electron chi connectivity index (χ4n) is 1.92. The molecule has 0 aromatic carbocycles. The molecule has 0 radical (unpaired) electrons. The first-order valence-corrected chi connectivity index (χ1v) is 7.47. The zero-order chi connectivity index (χ0) is 16.7. The van der Waals surface area contributed by atoms with Crippen LogP contribution in [0, 0.1) is 6.92 Å². The molecule has 2 aromatic rings. The van der Waals surface area contributed by atoms with Gasteiger partial charge in [-0.2, -0.15) is 0 Å². The Kier molecular flexibility index (Phi) is 5.99. The summed E-state index contributed by atoms with van der Waals surface area (Å²) in [7, 11) is 3.99. The lowest BCUT2D eigenvalue weighted by atomic mass is 10.3. The molecule has 0 unspecified atom stereocenters. The maximum atomic E-state index is 12.2. The van der Waals surface area contributed by atoms with Crippen LogP contribution in [-0.4, -0.2) is 52.9 Å². The van der Waals surface area contributed by atoms with Crippen molar-refractivity contribution in [3.05, 3.63) is 47.5 Å². The lowest BCUT2D eigenvalue weighted by molar-refractivity contribution is 0.0945. The van der Waals surface area contributed by atoms with E-state index in [0.717, 1.165) is 17.9 Å². The van der Waals surface area contributed by atoms with Gasteiger partial charge in [0.15, 0.2) is 0 Å². The van der Waals surface area contributed by atoms with Crippen molar-refractivity contribution in [1.82, 2.24) is 25.2 Å². The van der Waals surface area contributed by atoms with Gasteiger partial charge in [0.05, 0.1) is 12.2 Å². The first-order valence-electron chi connectivity index (χ1n) is 7.47. The zero-order valence-electron chi connectivity index (χ0n) is 13.7. The maximum absolute atomic E-state index is 12.2. The molecule has 2 heterocycles. The van der Waals surface area contributed by atoms with Gasteiger partial charge in [-0.05, 0) is 39.2 Å². The second-order valence-corrected chi connectivity index (χ2v) is 5.45. The number of anilines is 1. The maximum Gasteiger partial charge on any atom is 0.270 e. The molecule has 23 heavy (non-hydrogen) atoms. The number of aryl methyl sites for hydroxylation is 1. The Morgan fingerprint density at radius 3 is 2.78 bits per heavy atom. The van der Waals surface area contributed by atoms with Crippen molar-refractivity contribution >= 4 is 11.9 Å². The summed E-state index contributed by atoms with van der Waals surface area (Å²) in [4.78, 5) is 27.0. The van der Waals surface area contributed by atoms with Crippen molar-refractivity contribution in [1.29, 1.82) is 0 Å². The van der Waals surface area contributed by atoms with Crippen LogP contribution in [0.3, 0.4) is 0 Å². The predicted octanol–water partition coefficient (Wildman–Crippen LogP) is 1.08. The molecule has 0 aliphatic rings. The Balaban J connectivity index is 1.97.